The summed E-state index contributed by atoms with van der Waals surface area (Å²) in [6.07, 6.45) is 11.0. The molecule has 6 heteroatoms. The van der Waals surface area contributed by atoms with Crippen molar-refractivity contribution < 1.29 is 9.59 Å². The number of carbonyl (C=O) groups excluding carboxylic acids is 2. The summed E-state index contributed by atoms with van der Waals surface area (Å²) in [5.74, 6) is 0.980. The van der Waals surface area contributed by atoms with E-state index in [1.54, 1.807) is 6.20 Å². The zero-order valence-corrected chi connectivity index (χ0v) is 16.8. The molecular formula is C21H32N4O2. The quantitative estimate of drug-likeness (QED) is 0.815. The number of rotatable bonds is 4. The molecule has 1 aliphatic carbocycles. The lowest BCUT2D eigenvalue weighted by Gasteiger charge is -2.33. The van der Waals surface area contributed by atoms with E-state index < -0.39 is 5.41 Å². The normalized spacial score (nSPS) is 18.9. The van der Waals surface area contributed by atoms with Gasteiger partial charge in [-0.2, -0.15) is 5.10 Å². The van der Waals surface area contributed by atoms with Gasteiger partial charge in [-0.05, 0) is 38.5 Å². The van der Waals surface area contributed by atoms with Gasteiger partial charge in [0, 0.05) is 31.0 Å². The van der Waals surface area contributed by atoms with Crippen molar-refractivity contribution in [3.63, 3.8) is 0 Å². The number of likely N-dealkylation sites (tertiary alicyclic amines) is 1. The summed E-state index contributed by atoms with van der Waals surface area (Å²) in [5, 5.41) is 7.42. The standard InChI is InChI=1S/C21H32N4O2/c1-21(2,3)20(27)23-18-9-12-22-25(18)17-10-13-24(14-11-17)19(26)15-16-7-5-4-6-8-16/h7,9,12,17H,4-6,8,10-11,13-15H2,1-3H3,(H,23,27). The Bertz CT molecular complexity index is 706. The zero-order valence-electron chi connectivity index (χ0n) is 16.8. The average Bonchev–Trinajstić information content (AvgIpc) is 3.10. The molecule has 1 aliphatic heterocycles. The molecule has 2 amide bonds. The number of anilines is 1. The monoisotopic (exact) mass is 372 g/mol. The van der Waals surface area contributed by atoms with Crippen LogP contribution in [0.2, 0.25) is 0 Å². The number of carbonyl (C=O) groups is 2. The first-order valence-corrected chi connectivity index (χ1v) is 10.2. The molecule has 0 bridgehead atoms. The number of amides is 2. The van der Waals surface area contributed by atoms with Gasteiger partial charge >= 0.3 is 0 Å². The third-order valence-corrected chi connectivity index (χ3v) is 5.52. The summed E-state index contributed by atoms with van der Waals surface area (Å²) >= 11 is 0. The number of piperidine rings is 1. The number of hydrogen-bond acceptors (Lipinski definition) is 3. The molecule has 0 spiro atoms. The Balaban J connectivity index is 1.55. The summed E-state index contributed by atoms with van der Waals surface area (Å²) in [4.78, 5) is 26.9. The highest BCUT2D eigenvalue weighted by molar-refractivity contribution is 5.93. The van der Waals surface area contributed by atoms with E-state index in [0.717, 1.165) is 44.6 Å². The Morgan fingerprint density at radius 3 is 2.59 bits per heavy atom. The molecule has 1 saturated heterocycles. The molecule has 6 nitrogen and oxygen atoms in total. The van der Waals surface area contributed by atoms with E-state index in [2.05, 4.69) is 16.5 Å². The van der Waals surface area contributed by atoms with Crippen molar-refractivity contribution in [2.75, 3.05) is 18.4 Å². The Kier molecular flexibility index (Phi) is 6.02. The molecule has 0 aromatic carbocycles. The van der Waals surface area contributed by atoms with Crippen LogP contribution in [0.25, 0.3) is 0 Å². The van der Waals surface area contributed by atoms with E-state index >= 15 is 0 Å². The fraction of sp³-hybridized carbons (Fsp3) is 0.667. The minimum absolute atomic E-state index is 0.0161. The van der Waals surface area contributed by atoms with E-state index in [-0.39, 0.29) is 17.9 Å². The molecule has 27 heavy (non-hydrogen) atoms. The predicted molar refractivity (Wildman–Crippen MR) is 106 cm³/mol. The number of aromatic nitrogens is 2. The summed E-state index contributed by atoms with van der Waals surface area (Å²) in [7, 11) is 0. The van der Waals surface area contributed by atoms with E-state index in [1.807, 2.05) is 36.4 Å². The SMILES string of the molecule is CC(C)(C)C(=O)Nc1ccnn1C1CCN(C(=O)CC2=CCCCC2)CC1. The first kappa shape index (κ1) is 19.6. The minimum Gasteiger partial charge on any atom is -0.342 e. The maximum atomic E-state index is 12.6. The number of nitrogens with zero attached hydrogens (tertiary/aromatic N) is 3. The molecule has 0 atom stereocenters. The van der Waals surface area contributed by atoms with Crippen LogP contribution in [0.15, 0.2) is 23.9 Å². The van der Waals surface area contributed by atoms with Crippen LogP contribution in [0.3, 0.4) is 0 Å². The fourth-order valence-electron chi connectivity index (χ4n) is 3.74. The van der Waals surface area contributed by atoms with Crippen LogP contribution in [0.5, 0.6) is 0 Å². The van der Waals surface area contributed by atoms with Crippen molar-refractivity contribution in [1.29, 1.82) is 0 Å². The van der Waals surface area contributed by atoms with Crippen molar-refractivity contribution >= 4 is 17.6 Å². The second-order valence-electron chi connectivity index (χ2n) is 8.76. The van der Waals surface area contributed by atoms with Gasteiger partial charge in [-0.3, -0.25) is 9.59 Å². The first-order chi connectivity index (χ1) is 12.8. The average molecular weight is 373 g/mol. The van der Waals surface area contributed by atoms with Crippen LogP contribution in [0.4, 0.5) is 5.82 Å². The largest absolute Gasteiger partial charge is 0.342 e. The van der Waals surface area contributed by atoms with Crippen LogP contribution in [-0.2, 0) is 9.59 Å². The Labute approximate surface area is 162 Å². The molecule has 0 unspecified atom stereocenters. The van der Waals surface area contributed by atoms with Gasteiger partial charge < -0.3 is 10.2 Å². The van der Waals surface area contributed by atoms with E-state index in [4.69, 9.17) is 0 Å². The molecule has 1 aromatic rings. The predicted octanol–water partition coefficient (Wildman–Crippen LogP) is 3.92. The van der Waals surface area contributed by atoms with Gasteiger partial charge in [0.2, 0.25) is 11.8 Å². The van der Waals surface area contributed by atoms with Gasteiger partial charge in [0.1, 0.15) is 5.82 Å². The van der Waals surface area contributed by atoms with E-state index in [1.165, 1.54) is 18.4 Å². The lowest BCUT2D eigenvalue weighted by Crippen LogP contribution is -2.39. The van der Waals surface area contributed by atoms with Crippen molar-refractivity contribution in [1.82, 2.24) is 14.7 Å². The van der Waals surface area contributed by atoms with Gasteiger partial charge in [0.25, 0.3) is 0 Å². The van der Waals surface area contributed by atoms with Gasteiger partial charge in [0.05, 0.1) is 12.2 Å². The molecule has 148 valence electrons. The van der Waals surface area contributed by atoms with Crippen molar-refractivity contribution in [3.8, 4) is 0 Å². The van der Waals surface area contributed by atoms with Gasteiger partial charge in [-0.1, -0.05) is 32.4 Å². The van der Waals surface area contributed by atoms with Crippen LogP contribution >= 0.6 is 0 Å². The minimum atomic E-state index is -0.446. The zero-order chi connectivity index (χ0) is 19.4. The summed E-state index contributed by atoms with van der Waals surface area (Å²) in [6.45, 7) is 7.20. The molecular weight excluding hydrogens is 340 g/mol. The maximum absolute atomic E-state index is 12.6. The van der Waals surface area contributed by atoms with Crippen molar-refractivity contribution in [3.05, 3.63) is 23.9 Å². The van der Waals surface area contributed by atoms with Gasteiger partial charge in [-0.25, -0.2) is 4.68 Å². The second kappa shape index (κ2) is 8.28. The number of nitrogens with one attached hydrogen (secondary N) is 1. The van der Waals surface area contributed by atoms with Crippen LogP contribution in [0.1, 0.15) is 71.8 Å². The van der Waals surface area contributed by atoms with Crippen molar-refractivity contribution in [2.45, 2.75) is 71.8 Å². The molecule has 0 radical (unpaired) electrons. The molecule has 0 saturated carbocycles. The molecule has 1 N–H and O–H groups in total. The molecule has 2 heterocycles. The van der Waals surface area contributed by atoms with Crippen LogP contribution in [0, 0.1) is 5.41 Å². The smallest absolute Gasteiger partial charge is 0.230 e. The highest BCUT2D eigenvalue weighted by Crippen LogP contribution is 2.28. The Morgan fingerprint density at radius 1 is 1.22 bits per heavy atom. The van der Waals surface area contributed by atoms with E-state index in [9.17, 15) is 9.59 Å². The second-order valence-corrected chi connectivity index (χ2v) is 8.76. The third kappa shape index (κ3) is 4.99. The molecule has 2 aliphatic rings. The van der Waals surface area contributed by atoms with Gasteiger partial charge in [-0.15, -0.1) is 0 Å². The lowest BCUT2D eigenvalue weighted by atomic mass is 9.95. The maximum Gasteiger partial charge on any atom is 0.230 e. The Morgan fingerprint density at radius 2 is 1.96 bits per heavy atom. The molecule has 1 fully saturated rings. The third-order valence-electron chi connectivity index (χ3n) is 5.52. The topological polar surface area (TPSA) is 67.2 Å². The number of allylic oxidation sites excluding steroid dienone is 1. The van der Waals surface area contributed by atoms with Crippen LogP contribution < -0.4 is 5.32 Å². The molecule has 1 aromatic heterocycles. The lowest BCUT2D eigenvalue weighted by molar-refractivity contribution is -0.131. The molecule has 3 rings (SSSR count). The summed E-state index contributed by atoms with van der Waals surface area (Å²) < 4.78 is 1.91. The van der Waals surface area contributed by atoms with Crippen molar-refractivity contribution in [2.24, 2.45) is 5.41 Å². The summed E-state index contributed by atoms with van der Waals surface area (Å²) in [5.41, 5.74) is 0.867. The highest BCUT2D eigenvalue weighted by Gasteiger charge is 2.27. The number of hydrogen-bond donors (Lipinski definition) is 1. The highest BCUT2D eigenvalue weighted by atomic mass is 16.2. The van der Waals surface area contributed by atoms with E-state index in [0.29, 0.717) is 6.42 Å². The Hall–Kier alpha value is -2.11. The van der Waals surface area contributed by atoms with Gasteiger partial charge in [0.15, 0.2) is 0 Å². The summed E-state index contributed by atoms with van der Waals surface area (Å²) in [6, 6.07) is 2.06. The fourth-order valence-corrected chi connectivity index (χ4v) is 3.74. The van der Waals surface area contributed by atoms with Crippen LogP contribution in [-0.4, -0.2) is 39.6 Å². The first-order valence-electron chi connectivity index (χ1n) is 10.2.